The second-order valence-electron chi connectivity index (χ2n) is 3.91. The Morgan fingerprint density at radius 1 is 1.56 bits per heavy atom. The van der Waals surface area contributed by atoms with Gasteiger partial charge in [-0.25, -0.2) is 4.79 Å². The van der Waals surface area contributed by atoms with Gasteiger partial charge in [-0.15, -0.1) is 0 Å². The summed E-state index contributed by atoms with van der Waals surface area (Å²) in [4.78, 5) is 11.5. The highest BCUT2D eigenvalue weighted by atomic mass is 79.9. The van der Waals surface area contributed by atoms with Crippen LogP contribution in [-0.4, -0.2) is 37.5 Å². The van der Waals surface area contributed by atoms with Crippen molar-refractivity contribution in [3.05, 3.63) is 28.2 Å². The van der Waals surface area contributed by atoms with Gasteiger partial charge in [0.05, 0.1) is 12.7 Å². The number of carbonyl (C=O) groups excluding carboxylic acids is 1. The number of carbonyl (C=O) groups is 1. The molecule has 0 bridgehead atoms. The molecule has 0 spiro atoms. The number of nitrogens with one attached hydrogen (secondary N) is 2. The first-order valence-electron chi connectivity index (χ1n) is 5.51. The van der Waals surface area contributed by atoms with Gasteiger partial charge in [-0.1, -0.05) is 15.9 Å². The number of aliphatic hydroxyl groups excluding tert-OH is 1. The molecule has 0 saturated carbocycles. The highest BCUT2D eigenvalue weighted by Gasteiger charge is 2.07. The molecule has 100 valence electrons. The third-order valence-electron chi connectivity index (χ3n) is 2.27. The molecule has 0 heterocycles. The van der Waals surface area contributed by atoms with Gasteiger partial charge < -0.3 is 20.5 Å². The van der Waals surface area contributed by atoms with E-state index in [1.807, 2.05) is 19.1 Å². The summed E-state index contributed by atoms with van der Waals surface area (Å²) in [6.45, 7) is 2.28. The van der Waals surface area contributed by atoms with E-state index in [1.54, 1.807) is 6.07 Å². The van der Waals surface area contributed by atoms with E-state index in [2.05, 4.69) is 26.6 Å². The van der Waals surface area contributed by atoms with Gasteiger partial charge in [0.15, 0.2) is 0 Å². The van der Waals surface area contributed by atoms with E-state index in [0.29, 0.717) is 5.69 Å². The summed E-state index contributed by atoms with van der Waals surface area (Å²) >= 11 is 3.39. The monoisotopic (exact) mass is 316 g/mol. The molecule has 0 aliphatic heterocycles. The molecule has 6 heteroatoms. The maximum atomic E-state index is 11.5. The lowest BCUT2D eigenvalue weighted by Crippen LogP contribution is -2.37. The Morgan fingerprint density at radius 2 is 2.28 bits per heavy atom. The first kappa shape index (κ1) is 14.9. The Hall–Kier alpha value is -1.11. The van der Waals surface area contributed by atoms with Crippen LogP contribution in [0.3, 0.4) is 0 Å². The highest BCUT2D eigenvalue weighted by Crippen LogP contribution is 2.19. The van der Waals surface area contributed by atoms with E-state index < -0.39 is 6.10 Å². The molecule has 1 atom stereocenters. The Kier molecular flexibility index (Phi) is 6.11. The Balaban J connectivity index is 2.42. The topological polar surface area (TPSA) is 70.6 Å². The van der Waals surface area contributed by atoms with Crippen LogP contribution in [0.1, 0.15) is 5.56 Å². The van der Waals surface area contributed by atoms with E-state index in [4.69, 9.17) is 4.74 Å². The Bertz CT molecular complexity index is 412. The zero-order valence-corrected chi connectivity index (χ0v) is 12.0. The summed E-state index contributed by atoms with van der Waals surface area (Å²) in [5.74, 6) is 0. The largest absolute Gasteiger partial charge is 0.389 e. The van der Waals surface area contributed by atoms with Gasteiger partial charge in [0, 0.05) is 23.8 Å². The van der Waals surface area contributed by atoms with E-state index in [9.17, 15) is 9.90 Å². The molecule has 0 aliphatic carbocycles. The SMILES string of the molecule is COCC(O)CNC(=O)Nc1ccc(Br)c(C)c1. The van der Waals surface area contributed by atoms with Crippen LogP contribution in [-0.2, 0) is 4.74 Å². The van der Waals surface area contributed by atoms with Crippen molar-refractivity contribution in [3.63, 3.8) is 0 Å². The third kappa shape index (κ3) is 5.03. The predicted octanol–water partition coefficient (Wildman–Crippen LogP) is 1.89. The maximum Gasteiger partial charge on any atom is 0.319 e. The lowest BCUT2D eigenvalue weighted by molar-refractivity contribution is 0.0663. The van der Waals surface area contributed by atoms with Crippen molar-refractivity contribution in [2.45, 2.75) is 13.0 Å². The van der Waals surface area contributed by atoms with Crippen molar-refractivity contribution in [1.82, 2.24) is 5.32 Å². The van der Waals surface area contributed by atoms with Crippen molar-refractivity contribution >= 4 is 27.6 Å². The Labute approximate surface area is 115 Å². The average molecular weight is 317 g/mol. The summed E-state index contributed by atoms with van der Waals surface area (Å²) in [6.07, 6.45) is -0.701. The molecule has 18 heavy (non-hydrogen) atoms. The summed E-state index contributed by atoms with van der Waals surface area (Å²) in [6, 6.07) is 5.16. The summed E-state index contributed by atoms with van der Waals surface area (Å²) in [7, 11) is 1.49. The number of anilines is 1. The van der Waals surface area contributed by atoms with E-state index in [0.717, 1.165) is 10.0 Å². The number of rotatable bonds is 5. The third-order valence-corrected chi connectivity index (χ3v) is 3.16. The molecule has 1 unspecified atom stereocenters. The molecule has 0 saturated heterocycles. The van der Waals surface area contributed by atoms with Gasteiger partial charge in [-0.2, -0.15) is 0 Å². The summed E-state index contributed by atoms with van der Waals surface area (Å²) in [5, 5.41) is 14.6. The lowest BCUT2D eigenvalue weighted by Gasteiger charge is -2.12. The Morgan fingerprint density at radius 3 is 2.89 bits per heavy atom. The van der Waals surface area contributed by atoms with Crippen LogP contribution in [0, 0.1) is 6.92 Å². The number of aryl methyl sites for hydroxylation is 1. The molecule has 0 fully saturated rings. The van der Waals surface area contributed by atoms with Gasteiger partial charge in [0.2, 0.25) is 0 Å². The second kappa shape index (κ2) is 7.35. The highest BCUT2D eigenvalue weighted by molar-refractivity contribution is 9.10. The van der Waals surface area contributed by atoms with Gasteiger partial charge in [-0.3, -0.25) is 0 Å². The van der Waals surface area contributed by atoms with Crippen LogP contribution >= 0.6 is 15.9 Å². The molecule has 1 aromatic carbocycles. The van der Waals surface area contributed by atoms with Crippen LogP contribution in [0.5, 0.6) is 0 Å². The smallest absolute Gasteiger partial charge is 0.319 e. The fourth-order valence-electron chi connectivity index (χ4n) is 1.36. The number of aliphatic hydroxyl groups is 1. The molecular formula is C12H17BrN2O3. The summed E-state index contributed by atoms with van der Waals surface area (Å²) < 4.78 is 5.75. The number of amides is 2. The number of ether oxygens (including phenoxy) is 1. The van der Waals surface area contributed by atoms with Gasteiger partial charge in [-0.05, 0) is 30.7 Å². The molecule has 0 aliphatic rings. The van der Waals surface area contributed by atoms with Gasteiger partial charge in [0.25, 0.3) is 0 Å². The molecule has 0 aromatic heterocycles. The van der Waals surface area contributed by atoms with Crippen LogP contribution in [0.4, 0.5) is 10.5 Å². The minimum absolute atomic E-state index is 0.148. The first-order chi connectivity index (χ1) is 8.52. The van der Waals surface area contributed by atoms with Crippen LogP contribution < -0.4 is 10.6 Å². The van der Waals surface area contributed by atoms with Crippen molar-refractivity contribution < 1.29 is 14.6 Å². The van der Waals surface area contributed by atoms with Crippen molar-refractivity contribution in [2.24, 2.45) is 0 Å². The summed E-state index contributed by atoms with van der Waals surface area (Å²) in [5.41, 5.74) is 1.74. The standard InChI is InChI=1S/C12H17BrN2O3/c1-8-5-9(3-4-11(8)13)15-12(17)14-6-10(16)7-18-2/h3-5,10,16H,6-7H2,1-2H3,(H2,14,15,17). The van der Waals surface area contributed by atoms with Crippen LogP contribution in [0.25, 0.3) is 0 Å². The van der Waals surface area contributed by atoms with Gasteiger partial charge >= 0.3 is 6.03 Å². The normalized spacial score (nSPS) is 12.0. The quantitative estimate of drug-likeness (QED) is 0.777. The minimum Gasteiger partial charge on any atom is -0.389 e. The molecule has 0 radical (unpaired) electrons. The van der Waals surface area contributed by atoms with Crippen molar-refractivity contribution in [2.75, 3.05) is 25.6 Å². The van der Waals surface area contributed by atoms with Gasteiger partial charge in [0.1, 0.15) is 0 Å². The zero-order valence-electron chi connectivity index (χ0n) is 10.4. The van der Waals surface area contributed by atoms with E-state index in [-0.39, 0.29) is 19.2 Å². The fraction of sp³-hybridized carbons (Fsp3) is 0.417. The molecule has 1 rings (SSSR count). The number of urea groups is 1. The average Bonchev–Trinajstić information content (AvgIpc) is 2.32. The molecule has 2 amide bonds. The van der Waals surface area contributed by atoms with E-state index >= 15 is 0 Å². The predicted molar refractivity (Wildman–Crippen MR) is 73.8 cm³/mol. The van der Waals surface area contributed by atoms with Crippen molar-refractivity contribution in [3.8, 4) is 0 Å². The number of hydrogen-bond acceptors (Lipinski definition) is 3. The molecular weight excluding hydrogens is 300 g/mol. The fourth-order valence-corrected chi connectivity index (χ4v) is 1.61. The van der Waals surface area contributed by atoms with Crippen LogP contribution in [0.2, 0.25) is 0 Å². The first-order valence-corrected chi connectivity index (χ1v) is 6.30. The van der Waals surface area contributed by atoms with Crippen LogP contribution in [0.15, 0.2) is 22.7 Å². The number of benzene rings is 1. The molecule has 1 aromatic rings. The lowest BCUT2D eigenvalue weighted by atomic mass is 10.2. The van der Waals surface area contributed by atoms with Crippen molar-refractivity contribution in [1.29, 1.82) is 0 Å². The zero-order chi connectivity index (χ0) is 13.5. The maximum absolute atomic E-state index is 11.5. The second-order valence-corrected chi connectivity index (χ2v) is 4.76. The molecule has 5 nitrogen and oxygen atoms in total. The number of methoxy groups -OCH3 is 1. The minimum atomic E-state index is -0.701. The number of hydrogen-bond donors (Lipinski definition) is 3. The number of halogens is 1. The van der Waals surface area contributed by atoms with E-state index in [1.165, 1.54) is 7.11 Å². The molecule has 3 N–H and O–H groups in total.